The van der Waals surface area contributed by atoms with Crippen LogP contribution in [-0.2, 0) is 4.74 Å². The molecule has 1 aromatic heterocycles. The van der Waals surface area contributed by atoms with E-state index in [2.05, 4.69) is 42.9 Å². The van der Waals surface area contributed by atoms with Gasteiger partial charge < -0.3 is 10.1 Å². The Morgan fingerprint density at radius 3 is 2.55 bits per heavy atom. The molecule has 1 N–H and O–H groups in total. The largest absolute Gasteiger partial charge is 0.373 e. The number of aromatic nitrogens is 1. The van der Waals surface area contributed by atoms with E-state index >= 15 is 0 Å². The van der Waals surface area contributed by atoms with Crippen molar-refractivity contribution in [2.24, 2.45) is 0 Å². The molecule has 2 atom stereocenters. The molecular formula is C15H24N4O3. The van der Waals surface area contributed by atoms with Gasteiger partial charge in [0.2, 0.25) is 0 Å². The Balaban J connectivity index is 1.95. The highest BCUT2D eigenvalue weighted by Gasteiger charge is 2.33. The zero-order valence-electron chi connectivity index (χ0n) is 13.6. The third kappa shape index (κ3) is 4.14. The van der Waals surface area contributed by atoms with Gasteiger partial charge >= 0.3 is 0 Å². The molecule has 1 aromatic rings. The molecule has 1 fully saturated rings. The lowest BCUT2D eigenvalue weighted by Gasteiger charge is -2.45. The van der Waals surface area contributed by atoms with Gasteiger partial charge in [0, 0.05) is 31.2 Å². The third-order valence-corrected chi connectivity index (χ3v) is 3.94. The lowest BCUT2D eigenvalue weighted by molar-refractivity contribution is -0.385. The summed E-state index contributed by atoms with van der Waals surface area (Å²) in [4.78, 5) is 16.7. The first-order valence-corrected chi connectivity index (χ1v) is 7.53. The van der Waals surface area contributed by atoms with Crippen LogP contribution in [0.5, 0.6) is 0 Å². The zero-order chi connectivity index (χ0) is 16.3. The van der Waals surface area contributed by atoms with E-state index in [9.17, 15) is 10.1 Å². The summed E-state index contributed by atoms with van der Waals surface area (Å²) in [6.45, 7) is 11.0. The topological polar surface area (TPSA) is 80.5 Å². The molecule has 0 radical (unpaired) electrons. The molecule has 0 bridgehead atoms. The quantitative estimate of drug-likeness (QED) is 0.664. The van der Waals surface area contributed by atoms with E-state index in [0.29, 0.717) is 12.4 Å². The summed E-state index contributed by atoms with van der Waals surface area (Å²) in [7, 11) is 0. The minimum Gasteiger partial charge on any atom is -0.373 e. The van der Waals surface area contributed by atoms with Gasteiger partial charge in [0.05, 0.1) is 17.1 Å². The van der Waals surface area contributed by atoms with Crippen LogP contribution in [0.3, 0.4) is 0 Å². The van der Waals surface area contributed by atoms with E-state index in [4.69, 9.17) is 4.74 Å². The minimum absolute atomic E-state index is 0.000592. The maximum atomic E-state index is 10.6. The van der Waals surface area contributed by atoms with Gasteiger partial charge in [0.25, 0.3) is 5.69 Å². The Bertz CT molecular complexity index is 508. The van der Waals surface area contributed by atoms with Crippen molar-refractivity contribution in [3.05, 3.63) is 28.4 Å². The van der Waals surface area contributed by atoms with Gasteiger partial charge in [-0.1, -0.05) is 0 Å². The average Bonchev–Trinajstić information content (AvgIpc) is 2.44. The predicted octanol–water partition coefficient (Wildman–Crippen LogP) is 2.29. The summed E-state index contributed by atoms with van der Waals surface area (Å²) in [5.41, 5.74) is -0.0592. The van der Waals surface area contributed by atoms with Crippen molar-refractivity contribution in [2.45, 2.75) is 45.4 Å². The highest BCUT2D eigenvalue weighted by Crippen LogP contribution is 2.22. The molecule has 0 amide bonds. The fourth-order valence-corrected chi connectivity index (χ4v) is 2.69. The Labute approximate surface area is 130 Å². The highest BCUT2D eigenvalue weighted by atomic mass is 16.6. The van der Waals surface area contributed by atoms with E-state index in [1.54, 1.807) is 6.07 Å². The molecule has 122 valence electrons. The summed E-state index contributed by atoms with van der Waals surface area (Å²) in [6.07, 6.45) is 1.72. The van der Waals surface area contributed by atoms with Crippen LogP contribution in [0.15, 0.2) is 18.3 Å². The number of ether oxygens (including phenoxy) is 1. The molecule has 2 rings (SSSR count). The molecule has 0 aliphatic carbocycles. The second-order valence-electron chi connectivity index (χ2n) is 6.49. The Kier molecular flexibility index (Phi) is 4.97. The molecule has 1 aliphatic heterocycles. The molecule has 1 aliphatic rings. The summed E-state index contributed by atoms with van der Waals surface area (Å²) in [5.74, 6) is 0.646. The van der Waals surface area contributed by atoms with E-state index in [1.165, 1.54) is 12.3 Å². The summed E-state index contributed by atoms with van der Waals surface area (Å²) in [5, 5.41) is 13.9. The monoisotopic (exact) mass is 308 g/mol. The van der Waals surface area contributed by atoms with Crippen molar-refractivity contribution >= 4 is 11.5 Å². The molecule has 7 heteroatoms. The fraction of sp³-hybridized carbons (Fsp3) is 0.667. The number of nitrogens with zero attached hydrogens (tertiary/aromatic N) is 3. The first-order chi connectivity index (χ1) is 10.3. The van der Waals surface area contributed by atoms with E-state index in [1.807, 2.05) is 0 Å². The number of rotatable bonds is 5. The maximum Gasteiger partial charge on any atom is 0.287 e. The van der Waals surface area contributed by atoms with Crippen LogP contribution in [0.4, 0.5) is 11.5 Å². The smallest absolute Gasteiger partial charge is 0.287 e. The van der Waals surface area contributed by atoms with Crippen molar-refractivity contribution in [1.82, 2.24) is 9.88 Å². The van der Waals surface area contributed by atoms with Gasteiger partial charge in [0.1, 0.15) is 12.0 Å². The Morgan fingerprint density at radius 2 is 2.05 bits per heavy atom. The fourth-order valence-electron chi connectivity index (χ4n) is 2.69. The van der Waals surface area contributed by atoms with Crippen molar-refractivity contribution in [2.75, 3.05) is 25.0 Å². The number of pyridine rings is 1. The van der Waals surface area contributed by atoms with Crippen LogP contribution >= 0.6 is 0 Å². The van der Waals surface area contributed by atoms with Gasteiger partial charge in [0.15, 0.2) is 0 Å². The van der Waals surface area contributed by atoms with Crippen molar-refractivity contribution in [3.8, 4) is 0 Å². The summed E-state index contributed by atoms with van der Waals surface area (Å²) >= 11 is 0. The van der Waals surface area contributed by atoms with Crippen molar-refractivity contribution in [3.63, 3.8) is 0 Å². The number of hydrogen-bond acceptors (Lipinski definition) is 6. The van der Waals surface area contributed by atoms with Crippen LogP contribution in [0.1, 0.15) is 27.7 Å². The lowest BCUT2D eigenvalue weighted by atomic mass is 10.00. The van der Waals surface area contributed by atoms with Crippen LogP contribution < -0.4 is 5.32 Å². The zero-order valence-corrected chi connectivity index (χ0v) is 13.6. The number of nitrogens with one attached hydrogen (secondary N) is 1. The number of nitro groups is 1. The first-order valence-electron chi connectivity index (χ1n) is 7.53. The SMILES string of the molecule is C[C@@H]1CN(C(C)(C)CNc2ccc([N+](=O)[O-])cn2)C[C@H](C)O1. The first kappa shape index (κ1) is 16.6. The van der Waals surface area contributed by atoms with Crippen LogP contribution in [0, 0.1) is 10.1 Å². The maximum absolute atomic E-state index is 10.6. The molecule has 0 aromatic carbocycles. The number of anilines is 1. The predicted molar refractivity (Wildman–Crippen MR) is 85.0 cm³/mol. The normalized spacial score (nSPS) is 23.3. The van der Waals surface area contributed by atoms with Gasteiger partial charge in [-0.15, -0.1) is 0 Å². The Morgan fingerprint density at radius 1 is 1.41 bits per heavy atom. The molecule has 1 saturated heterocycles. The molecular weight excluding hydrogens is 284 g/mol. The van der Waals surface area contributed by atoms with Gasteiger partial charge in [-0.05, 0) is 33.8 Å². The Hall–Kier alpha value is -1.73. The summed E-state index contributed by atoms with van der Waals surface area (Å²) < 4.78 is 5.77. The standard InChI is InChI=1S/C15H24N4O3/c1-11-8-18(9-12(2)22-11)15(3,4)10-17-14-6-5-13(7-16-14)19(20)21/h5-7,11-12H,8-10H2,1-4H3,(H,16,17)/t11-,12+. The lowest BCUT2D eigenvalue weighted by Crippen LogP contribution is -2.57. The third-order valence-electron chi connectivity index (χ3n) is 3.94. The highest BCUT2D eigenvalue weighted by molar-refractivity contribution is 5.40. The second kappa shape index (κ2) is 6.58. The molecule has 22 heavy (non-hydrogen) atoms. The number of hydrogen-bond donors (Lipinski definition) is 1. The average molecular weight is 308 g/mol. The van der Waals surface area contributed by atoms with E-state index in [0.717, 1.165) is 13.1 Å². The van der Waals surface area contributed by atoms with Crippen LogP contribution in [0.2, 0.25) is 0 Å². The van der Waals surface area contributed by atoms with E-state index in [-0.39, 0.29) is 23.4 Å². The molecule has 0 saturated carbocycles. The molecule has 7 nitrogen and oxygen atoms in total. The second-order valence-corrected chi connectivity index (χ2v) is 6.49. The van der Waals surface area contributed by atoms with Crippen LogP contribution in [0.25, 0.3) is 0 Å². The molecule has 2 heterocycles. The van der Waals surface area contributed by atoms with Gasteiger partial charge in [-0.3, -0.25) is 15.0 Å². The van der Waals surface area contributed by atoms with Gasteiger partial charge in [-0.2, -0.15) is 0 Å². The summed E-state index contributed by atoms with van der Waals surface area (Å²) in [6, 6.07) is 3.10. The molecule has 0 unspecified atom stereocenters. The van der Waals surface area contributed by atoms with Crippen LogP contribution in [-0.4, -0.2) is 52.2 Å². The number of morpholine rings is 1. The van der Waals surface area contributed by atoms with Crippen molar-refractivity contribution < 1.29 is 9.66 Å². The molecule has 0 spiro atoms. The van der Waals surface area contributed by atoms with Gasteiger partial charge in [-0.25, -0.2) is 4.98 Å². The van der Waals surface area contributed by atoms with E-state index < -0.39 is 4.92 Å². The van der Waals surface area contributed by atoms with Crippen molar-refractivity contribution in [1.29, 1.82) is 0 Å². The minimum atomic E-state index is -0.447.